The molecule has 0 spiro atoms. The quantitative estimate of drug-likeness (QED) is 0.771. The molecule has 1 amide bonds. The van der Waals surface area contributed by atoms with Gasteiger partial charge in [-0.25, -0.2) is 0 Å². The van der Waals surface area contributed by atoms with Crippen molar-refractivity contribution in [2.75, 3.05) is 26.7 Å². The van der Waals surface area contributed by atoms with Crippen LogP contribution in [0.1, 0.15) is 28.8 Å². The van der Waals surface area contributed by atoms with Crippen LogP contribution in [0.15, 0.2) is 24.3 Å². The third-order valence-corrected chi connectivity index (χ3v) is 3.72. The number of benzene rings is 1. The van der Waals surface area contributed by atoms with Crippen molar-refractivity contribution in [2.24, 2.45) is 5.92 Å². The lowest BCUT2D eigenvalue weighted by Crippen LogP contribution is -2.26. The molecule has 2 rings (SSSR count). The summed E-state index contributed by atoms with van der Waals surface area (Å²) in [5.74, 6) is 0.186. The third-order valence-electron chi connectivity index (χ3n) is 3.72. The molecule has 0 bridgehead atoms. The molecule has 5 heteroatoms. The number of carbonyl (C=O) groups is 2. The van der Waals surface area contributed by atoms with Gasteiger partial charge >= 0.3 is 5.97 Å². The normalized spacial score (nSPS) is 17.5. The van der Waals surface area contributed by atoms with Gasteiger partial charge in [0.25, 0.3) is 5.91 Å². The molecule has 1 aliphatic rings. The maximum atomic E-state index is 12.0. The van der Waals surface area contributed by atoms with Crippen LogP contribution in [0.25, 0.3) is 0 Å². The van der Waals surface area contributed by atoms with Crippen LogP contribution in [0, 0.1) is 5.92 Å². The first kappa shape index (κ1) is 15.5. The Balaban J connectivity index is 1.87. The number of hydrogen-bond acceptors (Lipinski definition) is 4. The second-order valence-corrected chi connectivity index (χ2v) is 5.35. The topological polar surface area (TPSA) is 67.4 Å². The van der Waals surface area contributed by atoms with Gasteiger partial charge in [0.05, 0.1) is 13.5 Å². The van der Waals surface area contributed by atoms with E-state index in [-0.39, 0.29) is 18.3 Å². The lowest BCUT2D eigenvalue weighted by Gasteiger charge is -2.10. The first-order chi connectivity index (χ1) is 10.2. The van der Waals surface area contributed by atoms with E-state index in [0.29, 0.717) is 18.0 Å². The van der Waals surface area contributed by atoms with Gasteiger partial charge in [0, 0.05) is 12.1 Å². The van der Waals surface area contributed by atoms with E-state index in [2.05, 4.69) is 21.4 Å². The molecular formula is C16H22N2O3. The second-order valence-electron chi connectivity index (χ2n) is 5.35. The number of rotatable bonds is 6. The molecule has 21 heavy (non-hydrogen) atoms. The average Bonchev–Trinajstić information content (AvgIpc) is 3.00. The van der Waals surface area contributed by atoms with Crippen molar-refractivity contribution in [3.05, 3.63) is 35.4 Å². The minimum atomic E-state index is -0.321. The number of carbonyl (C=O) groups excluding carboxylic acids is 2. The summed E-state index contributed by atoms with van der Waals surface area (Å²) in [5, 5.41) is 6.08. The smallest absolute Gasteiger partial charge is 0.307 e. The lowest BCUT2D eigenvalue weighted by atomic mass is 9.97. The maximum Gasteiger partial charge on any atom is 0.307 e. The fourth-order valence-electron chi connectivity index (χ4n) is 2.54. The summed E-state index contributed by atoms with van der Waals surface area (Å²) in [7, 11) is 1.34. The Kier molecular flexibility index (Phi) is 5.75. The van der Waals surface area contributed by atoms with Crippen LogP contribution in [0.2, 0.25) is 0 Å². The highest BCUT2D eigenvalue weighted by molar-refractivity contribution is 5.94. The van der Waals surface area contributed by atoms with E-state index < -0.39 is 0 Å². The molecule has 0 aliphatic carbocycles. The van der Waals surface area contributed by atoms with Crippen LogP contribution in [-0.4, -0.2) is 38.6 Å². The number of ether oxygens (including phenoxy) is 1. The Labute approximate surface area is 125 Å². The second kappa shape index (κ2) is 7.78. The maximum absolute atomic E-state index is 12.0. The summed E-state index contributed by atoms with van der Waals surface area (Å²) in [4.78, 5) is 23.0. The zero-order valence-corrected chi connectivity index (χ0v) is 12.4. The zero-order valence-electron chi connectivity index (χ0n) is 12.4. The van der Waals surface area contributed by atoms with Crippen LogP contribution in [0.5, 0.6) is 0 Å². The highest BCUT2D eigenvalue weighted by Gasteiger charge is 2.15. The third kappa shape index (κ3) is 4.86. The van der Waals surface area contributed by atoms with Gasteiger partial charge in [-0.15, -0.1) is 0 Å². The van der Waals surface area contributed by atoms with Gasteiger partial charge in [-0.2, -0.15) is 0 Å². The summed E-state index contributed by atoms with van der Waals surface area (Å²) in [5.41, 5.74) is 1.83. The fraction of sp³-hybridized carbons (Fsp3) is 0.500. The number of amides is 1. The molecule has 2 N–H and O–H groups in total. The standard InChI is InChI=1S/C16H22N2O3/c1-21-15(19)6-8-18-16(20)14-4-2-3-12(10-14)9-13-5-7-17-11-13/h2-4,10,13,17H,5-9,11H2,1H3,(H,18,20). The lowest BCUT2D eigenvalue weighted by molar-refractivity contribution is -0.140. The summed E-state index contributed by atoms with van der Waals surface area (Å²) in [6, 6.07) is 7.70. The monoisotopic (exact) mass is 290 g/mol. The Bertz CT molecular complexity index is 496. The Hall–Kier alpha value is -1.88. The van der Waals surface area contributed by atoms with E-state index in [1.807, 2.05) is 12.1 Å². The Morgan fingerprint density at radius 1 is 1.43 bits per heavy atom. The van der Waals surface area contributed by atoms with Crippen molar-refractivity contribution < 1.29 is 14.3 Å². The van der Waals surface area contributed by atoms with E-state index in [0.717, 1.165) is 19.5 Å². The van der Waals surface area contributed by atoms with Crippen LogP contribution < -0.4 is 10.6 Å². The van der Waals surface area contributed by atoms with Crippen LogP contribution in [-0.2, 0) is 16.0 Å². The van der Waals surface area contributed by atoms with Crippen molar-refractivity contribution in [3.63, 3.8) is 0 Å². The molecule has 1 heterocycles. The van der Waals surface area contributed by atoms with Gasteiger partial charge in [-0.3, -0.25) is 9.59 Å². The molecule has 1 aromatic carbocycles. The molecule has 1 atom stereocenters. The summed E-state index contributed by atoms with van der Waals surface area (Å²) >= 11 is 0. The molecule has 0 saturated carbocycles. The zero-order chi connectivity index (χ0) is 15.1. The number of methoxy groups -OCH3 is 1. The Morgan fingerprint density at radius 2 is 2.29 bits per heavy atom. The van der Waals surface area contributed by atoms with Gasteiger partial charge in [0.2, 0.25) is 0 Å². The fourth-order valence-corrected chi connectivity index (χ4v) is 2.54. The molecule has 0 radical (unpaired) electrons. The van der Waals surface area contributed by atoms with Gasteiger partial charge in [-0.1, -0.05) is 12.1 Å². The number of hydrogen-bond donors (Lipinski definition) is 2. The van der Waals surface area contributed by atoms with E-state index in [1.165, 1.54) is 19.1 Å². The molecule has 0 aromatic heterocycles. The van der Waals surface area contributed by atoms with Gasteiger partial charge < -0.3 is 15.4 Å². The number of esters is 1. The molecular weight excluding hydrogens is 268 g/mol. The van der Waals surface area contributed by atoms with Crippen molar-refractivity contribution in [1.82, 2.24) is 10.6 Å². The molecule has 1 fully saturated rings. The molecule has 1 unspecified atom stereocenters. The Morgan fingerprint density at radius 3 is 3.00 bits per heavy atom. The van der Waals surface area contributed by atoms with E-state index in [9.17, 15) is 9.59 Å². The summed E-state index contributed by atoms with van der Waals surface area (Å²) in [6.45, 7) is 2.43. The minimum Gasteiger partial charge on any atom is -0.469 e. The number of nitrogens with one attached hydrogen (secondary N) is 2. The average molecular weight is 290 g/mol. The van der Waals surface area contributed by atoms with E-state index in [1.54, 1.807) is 6.07 Å². The predicted molar refractivity (Wildman–Crippen MR) is 80.1 cm³/mol. The highest BCUT2D eigenvalue weighted by atomic mass is 16.5. The highest BCUT2D eigenvalue weighted by Crippen LogP contribution is 2.16. The van der Waals surface area contributed by atoms with Gasteiger partial charge in [-0.05, 0) is 49.5 Å². The first-order valence-electron chi connectivity index (χ1n) is 7.33. The first-order valence-corrected chi connectivity index (χ1v) is 7.33. The molecule has 114 valence electrons. The molecule has 1 aliphatic heterocycles. The van der Waals surface area contributed by atoms with Crippen molar-refractivity contribution in [3.8, 4) is 0 Å². The SMILES string of the molecule is COC(=O)CCNC(=O)c1cccc(CC2CCNC2)c1. The summed E-state index contributed by atoms with van der Waals surface area (Å²) in [6.07, 6.45) is 2.38. The summed E-state index contributed by atoms with van der Waals surface area (Å²) < 4.78 is 4.54. The minimum absolute atomic E-state index is 0.148. The van der Waals surface area contributed by atoms with Crippen molar-refractivity contribution in [1.29, 1.82) is 0 Å². The van der Waals surface area contributed by atoms with Crippen LogP contribution in [0.4, 0.5) is 0 Å². The van der Waals surface area contributed by atoms with Gasteiger partial charge in [0.15, 0.2) is 0 Å². The van der Waals surface area contributed by atoms with Crippen LogP contribution >= 0.6 is 0 Å². The van der Waals surface area contributed by atoms with Crippen molar-refractivity contribution in [2.45, 2.75) is 19.3 Å². The largest absolute Gasteiger partial charge is 0.469 e. The molecule has 1 aromatic rings. The van der Waals surface area contributed by atoms with Crippen LogP contribution in [0.3, 0.4) is 0 Å². The molecule has 5 nitrogen and oxygen atoms in total. The predicted octanol–water partition coefficient (Wildman–Crippen LogP) is 1.13. The molecule has 1 saturated heterocycles. The van der Waals surface area contributed by atoms with Crippen molar-refractivity contribution >= 4 is 11.9 Å². The van der Waals surface area contributed by atoms with E-state index >= 15 is 0 Å². The van der Waals surface area contributed by atoms with E-state index in [4.69, 9.17) is 0 Å². The van der Waals surface area contributed by atoms with Gasteiger partial charge in [0.1, 0.15) is 0 Å².